The second-order valence-corrected chi connectivity index (χ2v) is 7.23. The van der Waals surface area contributed by atoms with E-state index < -0.39 is 10.9 Å². The summed E-state index contributed by atoms with van der Waals surface area (Å²) in [6, 6.07) is 2.83. The molecule has 0 aromatic carbocycles. The van der Waals surface area contributed by atoms with Crippen LogP contribution in [0.2, 0.25) is 0 Å². The molecule has 2 rings (SSSR count). The van der Waals surface area contributed by atoms with Crippen molar-refractivity contribution in [3.05, 3.63) is 27.1 Å². The molecule has 0 saturated heterocycles. The van der Waals surface area contributed by atoms with Crippen LogP contribution in [-0.2, 0) is 4.74 Å². The van der Waals surface area contributed by atoms with Gasteiger partial charge in [-0.15, -0.1) is 0 Å². The maximum absolute atomic E-state index is 12.2. The molecule has 1 aromatic heterocycles. The number of carbonyl (C=O) groups is 1. The van der Waals surface area contributed by atoms with Gasteiger partial charge >= 0.3 is 11.0 Å². The molecule has 1 aliphatic carbocycles. The Labute approximate surface area is 128 Å². The number of nitrogens with zero attached hydrogens (tertiary/aromatic N) is 1. The van der Waals surface area contributed by atoms with E-state index in [1.54, 1.807) is 0 Å². The van der Waals surface area contributed by atoms with Gasteiger partial charge in [-0.25, -0.2) is 4.79 Å². The molecule has 1 aliphatic rings. The van der Waals surface area contributed by atoms with Crippen molar-refractivity contribution in [2.24, 2.45) is 17.8 Å². The number of rotatable bonds is 4. The number of thiophene rings is 1. The van der Waals surface area contributed by atoms with Gasteiger partial charge in [0, 0.05) is 6.07 Å². The molecule has 0 radical (unpaired) electrons. The predicted octanol–water partition coefficient (Wildman–Crippen LogP) is 4.27. The Morgan fingerprint density at radius 1 is 1.43 bits per heavy atom. The Morgan fingerprint density at radius 3 is 2.71 bits per heavy atom. The van der Waals surface area contributed by atoms with Crippen molar-refractivity contribution < 1.29 is 14.5 Å². The van der Waals surface area contributed by atoms with Crippen molar-refractivity contribution >= 4 is 22.3 Å². The lowest BCUT2D eigenvalue weighted by Gasteiger charge is -2.36. The molecule has 116 valence electrons. The summed E-state index contributed by atoms with van der Waals surface area (Å²) < 4.78 is 5.66. The van der Waals surface area contributed by atoms with Crippen LogP contribution in [0.5, 0.6) is 0 Å². The summed E-state index contributed by atoms with van der Waals surface area (Å²) in [5.74, 6) is 0.960. The predicted molar refractivity (Wildman–Crippen MR) is 81.5 cm³/mol. The van der Waals surface area contributed by atoms with Crippen molar-refractivity contribution in [1.29, 1.82) is 0 Å². The first-order valence-electron chi connectivity index (χ1n) is 7.33. The Hall–Kier alpha value is -1.43. The number of hydrogen-bond acceptors (Lipinski definition) is 5. The number of esters is 1. The molecule has 0 amide bonds. The topological polar surface area (TPSA) is 69.4 Å². The van der Waals surface area contributed by atoms with Crippen molar-refractivity contribution in [3.8, 4) is 0 Å². The van der Waals surface area contributed by atoms with Crippen LogP contribution in [0.25, 0.3) is 0 Å². The highest BCUT2D eigenvalue weighted by molar-refractivity contribution is 7.17. The lowest BCUT2D eigenvalue weighted by Crippen LogP contribution is -2.35. The fourth-order valence-corrected chi connectivity index (χ4v) is 3.68. The van der Waals surface area contributed by atoms with Crippen molar-refractivity contribution in [2.75, 3.05) is 0 Å². The highest BCUT2D eigenvalue weighted by Crippen LogP contribution is 2.36. The van der Waals surface area contributed by atoms with E-state index in [1.807, 2.05) is 0 Å². The van der Waals surface area contributed by atoms with Crippen molar-refractivity contribution in [2.45, 2.75) is 46.1 Å². The molecule has 0 unspecified atom stereocenters. The van der Waals surface area contributed by atoms with Crippen molar-refractivity contribution in [1.82, 2.24) is 0 Å². The number of carbonyl (C=O) groups excluding carboxylic acids is 1. The zero-order chi connectivity index (χ0) is 15.6. The smallest absolute Gasteiger partial charge is 0.348 e. The summed E-state index contributed by atoms with van der Waals surface area (Å²) in [4.78, 5) is 22.7. The summed E-state index contributed by atoms with van der Waals surface area (Å²) in [5, 5.41) is 10.6. The van der Waals surface area contributed by atoms with E-state index in [9.17, 15) is 14.9 Å². The standard InChI is InChI=1S/C15H21NO4S/c1-9(2)11-5-4-10(3)8-12(11)20-15(17)13-6-7-14(21-13)16(18)19/h6-7,9-12H,4-5,8H2,1-3H3/t10-,11+,12+/m1/s1. The quantitative estimate of drug-likeness (QED) is 0.473. The van der Waals surface area contributed by atoms with Gasteiger partial charge in [0.25, 0.3) is 0 Å². The molecule has 0 bridgehead atoms. The molecule has 1 heterocycles. The number of nitro groups is 1. The average molecular weight is 311 g/mol. The van der Waals surface area contributed by atoms with Crippen LogP contribution in [0.1, 0.15) is 49.7 Å². The fourth-order valence-electron chi connectivity index (χ4n) is 2.98. The first kappa shape index (κ1) is 15.9. The van der Waals surface area contributed by atoms with Gasteiger partial charge in [-0.05, 0) is 36.7 Å². The van der Waals surface area contributed by atoms with Crippen LogP contribution in [0.3, 0.4) is 0 Å². The minimum absolute atomic E-state index is 0.0284. The third kappa shape index (κ3) is 3.81. The Kier molecular flexibility index (Phi) is 4.98. The van der Waals surface area contributed by atoms with E-state index in [-0.39, 0.29) is 11.1 Å². The van der Waals surface area contributed by atoms with E-state index in [0.717, 1.165) is 24.2 Å². The van der Waals surface area contributed by atoms with Crippen LogP contribution in [0, 0.1) is 27.9 Å². The molecule has 1 aromatic rings. The van der Waals surface area contributed by atoms with E-state index in [2.05, 4.69) is 20.8 Å². The van der Waals surface area contributed by atoms with Gasteiger partial charge in [-0.1, -0.05) is 38.5 Å². The molecule has 0 spiro atoms. The van der Waals surface area contributed by atoms with E-state index >= 15 is 0 Å². The fraction of sp³-hybridized carbons (Fsp3) is 0.667. The second kappa shape index (κ2) is 6.56. The lowest BCUT2D eigenvalue weighted by atomic mass is 9.75. The second-order valence-electron chi connectivity index (χ2n) is 6.16. The first-order valence-corrected chi connectivity index (χ1v) is 8.15. The average Bonchev–Trinajstić information content (AvgIpc) is 2.88. The summed E-state index contributed by atoms with van der Waals surface area (Å²) in [6.45, 7) is 6.47. The molecule has 1 fully saturated rings. The van der Waals surface area contributed by atoms with Crippen LogP contribution in [0.15, 0.2) is 12.1 Å². The third-order valence-corrected chi connectivity index (χ3v) is 5.21. The Balaban J connectivity index is 2.06. The van der Waals surface area contributed by atoms with Crippen LogP contribution < -0.4 is 0 Å². The summed E-state index contributed by atoms with van der Waals surface area (Å²) in [5.41, 5.74) is 0. The van der Waals surface area contributed by atoms with Crippen LogP contribution >= 0.6 is 11.3 Å². The maximum atomic E-state index is 12.2. The summed E-state index contributed by atoms with van der Waals surface area (Å²) in [7, 11) is 0. The number of ether oxygens (including phenoxy) is 1. The molecule has 0 N–H and O–H groups in total. The summed E-state index contributed by atoms with van der Waals surface area (Å²) >= 11 is 0.874. The molecule has 3 atom stereocenters. The minimum atomic E-state index is -0.485. The van der Waals surface area contributed by atoms with E-state index in [4.69, 9.17) is 4.74 Å². The zero-order valence-corrected chi connectivity index (χ0v) is 13.4. The van der Waals surface area contributed by atoms with Crippen LogP contribution in [0.4, 0.5) is 5.00 Å². The van der Waals surface area contributed by atoms with Gasteiger partial charge in [0.15, 0.2) is 0 Å². The Morgan fingerprint density at radius 2 is 2.14 bits per heavy atom. The molecule has 0 aliphatic heterocycles. The minimum Gasteiger partial charge on any atom is -0.458 e. The summed E-state index contributed by atoms with van der Waals surface area (Å²) in [6.07, 6.45) is 3.03. The third-order valence-electron chi connectivity index (χ3n) is 4.19. The van der Waals surface area contributed by atoms with Gasteiger partial charge < -0.3 is 4.74 Å². The number of hydrogen-bond donors (Lipinski definition) is 0. The highest BCUT2D eigenvalue weighted by atomic mass is 32.1. The van der Waals surface area contributed by atoms with Gasteiger partial charge in [-0.2, -0.15) is 0 Å². The monoisotopic (exact) mass is 311 g/mol. The van der Waals surface area contributed by atoms with Gasteiger partial charge in [0.05, 0.1) is 4.92 Å². The zero-order valence-electron chi connectivity index (χ0n) is 12.6. The van der Waals surface area contributed by atoms with Crippen LogP contribution in [-0.4, -0.2) is 17.0 Å². The Bertz CT molecular complexity index is 525. The SMILES string of the molecule is CC(C)[C@@H]1CC[C@@H](C)C[C@@H]1OC(=O)c1ccc([N+](=O)[O-])s1. The molecular weight excluding hydrogens is 290 g/mol. The maximum Gasteiger partial charge on any atom is 0.348 e. The normalized spacial score (nSPS) is 25.8. The van der Waals surface area contributed by atoms with E-state index in [0.29, 0.717) is 22.6 Å². The molecule has 6 heteroatoms. The highest BCUT2D eigenvalue weighted by Gasteiger charge is 2.34. The van der Waals surface area contributed by atoms with E-state index in [1.165, 1.54) is 18.6 Å². The van der Waals surface area contributed by atoms with Gasteiger partial charge in [-0.3, -0.25) is 10.1 Å². The van der Waals surface area contributed by atoms with Gasteiger partial charge in [0.2, 0.25) is 0 Å². The van der Waals surface area contributed by atoms with Gasteiger partial charge in [0.1, 0.15) is 11.0 Å². The molecular formula is C15H21NO4S. The molecule has 5 nitrogen and oxygen atoms in total. The molecule has 1 saturated carbocycles. The van der Waals surface area contributed by atoms with Crippen molar-refractivity contribution in [3.63, 3.8) is 0 Å². The lowest BCUT2D eigenvalue weighted by molar-refractivity contribution is -0.380. The first-order chi connectivity index (χ1) is 9.88. The molecule has 21 heavy (non-hydrogen) atoms. The largest absolute Gasteiger partial charge is 0.458 e.